The van der Waals surface area contributed by atoms with Crippen LogP contribution in [0.3, 0.4) is 0 Å². The Kier molecular flexibility index (Phi) is 5.09. The first-order chi connectivity index (χ1) is 13.7. The van der Waals surface area contributed by atoms with Gasteiger partial charge in [0.2, 0.25) is 5.95 Å². The molecule has 4 rings (SSSR count). The zero-order chi connectivity index (χ0) is 19.3. The number of halogens is 1. The quantitative estimate of drug-likeness (QED) is 0.752. The third kappa shape index (κ3) is 4.06. The van der Waals surface area contributed by atoms with E-state index in [1.165, 1.54) is 18.2 Å². The highest BCUT2D eigenvalue weighted by Gasteiger charge is 2.21. The minimum Gasteiger partial charge on any atom is -0.353 e. The van der Waals surface area contributed by atoms with E-state index in [9.17, 15) is 9.18 Å². The lowest BCUT2D eigenvalue weighted by molar-refractivity contribution is 0.102. The Balaban J connectivity index is 1.42. The number of amides is 1. The summed E-state index contributed by atoms with van der Waals surface area (Å²) in [6.07, 6.45) is 3.35. The standard InChI is InChI=1S/C20H19FN6O/c21-15-4-3-5-16(14-15)24-19(28)17-7-9-23-20(25-17)27-12-10-26(11-13-27)18-6-1-2-8-22-18/h1-9,14H,10-13H2,(H,24,28). The highest BCUT2D eigenvalue weighted by Crippen LogP contribution is 2.17. The van der Waals surface area contributed by atoms with E-state index in [1.807, 2.05) is 23.1 Å². The molecule has 1 aliphatic rings. The van der Waals surface area contributed by atoms with Crippen molar-refractivity contribution in [1.82, 2.24) is 15.0 Å². The van der Waals surface area contributed by atoms with Crippen molar-refractivity contribution in [3.8, 4) is 0 Å². The minimum absolute atomic E-state index is 0.237. The average Bonchev–Trinajstić information content (AvgIpc) is 2.75. The van der Waals surface area contributed by atoms with Gasteiger partial charge in [-0.15, -0.1) is 0 Å². The third-order valence-corrected chi connectivity index (χ3v) is 4.49. The van der Waals surface area contributed by atoms with Crippen LogP contribution in [-0.4, -0.2) is 47.0 Å². The molecule has 0 bridgehead atoms. The Morgan fingerprint density at radius 3 is 2.50 bits per heavy atom. The van der Waals surface area contributed by atoms with Crippen LogP contribution in [-0.2, 0) is 0 Å². The van der Waals surface area contributed by atoms with Gasteiger partial charge in [0.15, 0.2) is 0 Å². The van der Waals surface area contributed by atoms with Crippen molar-refractivity contribution in [1.29, 1.82) is 0 Å². The molecule has 1 N–H and O–H groups in total. The minimum atomic E-state index is -0.410. The van der Waals surface area contributed by atoms with Crippen LogP contribution in [0.2, 0.25) is 0 Å². The highest BCUT2D eigenvalue weighted by molar-refractivity contribution is 6.02. The second-order valence-corrected chi connectivity index (χ2v) is 6.37. The van der Waals surface area contributed by atoms with E-state index in [1.54, 1.807) is 24.5 Å². The van der Waals surface area contributed by atoms with Gasteiger partial charge in [-0.25, -0.2) is 19.3 Å². The fourth-order valence-electron chi connectivity index (χ4n) is 3.06. The van der Waals surface area contributed by atoms with Crippen LogP contribution in [0.1, 0.15) is 10.5 Å². The van der Waals surface area contributed by atoms with E-state index < -0.39 is 11.7 Å². The summed E-state index contributed by atoms with van der Waals surface area (Å²) in [6, 6.07) is 13.1. The van der Waals surface area contributed by atoms with Crippen molar-refractivity contribution < 1.29 is 9.18 Å². The molecule has 1 saturated heterocycles. The SMILES string of the molecule is O=C(Nc1cccc(F)c1)c1ccnc(N2CCN(c3ccccn3)CC2)n1. The second kappa shape index (κ2) is 7.99. The van der Waals surface area contributed by atoms with Crippen molar-refractivity contribution in [3.63, 3.8) is 0 Å². The van der Waals surface area contributed by atoms with E-state index in [4.69, 9.17) is 0 Å². The fraction of sp³-hybridized carbons (Fsp3) is 0.200. The van der Waals surface area contributed by atoms with Crippen LogP contribution < -0.4 is 15.1 Å². The molecule has 0 atom stereocenters. The Morgan fingerprint density at radius 1 is 0.929 bits per heavy atom. The van der Waals surface area contributed by atoms with Crippen molar-refractivity contribution in [2.75, 3.05) is 41.3 Å². The monoisotopic (exact) mass is 378 g/mol. The van der Waals surface area contributed by atoms with Crippen LogP contribution in [0.5, 0.6) is 0 Å². The summed E-state index contributed by atoms with van der Waals surface area (Å²) < 4.78 is 13.3. The number of nitrogens with one attached hydrogen (secondary N) is 1. The lowest BCUT2D eigenvalue weighted by Gasteiger charge is -2.35. The Bertz CT molecular complexity index is 960. The van der Waals surface area contributed by atoms with Gasteiger partial charge >= 0.3 is 0 Å². The second-order valence-electron chi connectivity index (χ2n) is 6.37. The number of aromatic nitrogens is 3. The first-order valence-corrected chi connectivity index (χ1v) is 9.00. The van der Waals surface area contributed by atoms with Crippen LogP contribution in [0.25, 0.3) is 0 Å². The lowest BCUT2D eigenvalue weighted by Crippen LogP contribution is -2.47. The number of benzene rings is 1. The highest BCUT2D eigenvalue weighted by atomic mass is 19.1. The summed E-state index contributed by atoms with van der Waals surface area (Å²) in [5.74, 6) is 0.646. The molecule has 0 saturated carbocycles. The number of pyridine rings is 1. The Labute approximate surface area is 161 Å². The summed E-state index contributed by atoms with van der Waals surface area (Å²) in [5, 5.41) is 2.65. The van der Waals surface area contributed by atoms with Gasteiger partial charge in [-0.2, -0.15) is 0 Å². The molecule has 0 radical (unpaired) electrons. The van der Waals surface area contributed by atoms with Crippen molar-refractivity contribution in [3.05, 3.63) is 72.4 Å². The summed E-state index contributed by atoms with van der Waals surface area (Å²) in [5.41, 5.74) is 0.621. The summed E-state index contributed by atoms with van der Waals surface area (Å²) in [7, 11) is 0. The molecule has 1 fully saturated rings. The normalized spacial score (nSPS) is 14.0. The molecule has 0 unspecified atom stereocenters. The third-order valence-electron chi connectivity index (χ3n) is 4.49. The number of rotatable bonds is 4. The van der Waals surface area contributed by atoms with Gasteiger partial charge in [0.05, 0.1) is 0 Å². The van der Waals surface area contributed by atoms with Crippen LogP contribution in [0.4, 0.5) is 21.8 Å². The molecule has 8 heteroatoms. The Morgan fingerprint density at radius 2 is 1.75 bits per heavy atom. The van der Waals surface area contributed by atoms with Gasteiger partial charge in [-0.3, -0.25) is 4.79 Å². The maximum Gasteiger partial charge on any atom is 0.274 e. The first kappa shape index (κ1) is 17.8. The number of hydrogen-bond acceptors (Lipinski definition) is 6. The molecule has 28 heavy (non-hydrogen) atoms. The number of carbonyl (C=O) groups excluding carboxylic acids is 1. The summed E-state index contributed by atoms with van der Waals surface area (Å²) in [4.78, 5) is 29.8. The molecular weight excluding hydrogens is 359 g/mol. The number of hydrogen-bond donors (Lipinski definition) is 1. The maximum absolute atomic E-state index is 13.3. The largest absolute Gasteiger partial charge is 0.353 e. The van der Waals surface area contributed by atoms with Gasteiger partial charge in [0.1, 0.15) is 17.3 Å². The lowest BCUT2D eigenvalue weighted by atomic mass is 10.3. The van der Waals surface area contributed by atoms with Gasteiger partial charge < -0.3 is 15.1 Å². The molecule has 142 valence electrons. The average molecular weight is 378 g/mol. The fourth-order valence-corrected chi connectivity index (χ4v) is 3.06. The number of carbonyl (C=O) groups is 1. The molecule has 7 nitrogen and oxygen atoms in total. The topological polar surface area (TPSA) is 74.2 Å². The summed E-state index contributed by atoms with van der Waals surface area (Å²) >= 11 is 0. The van der Waals surface area contributed by atoms with Gasteiger partial charge in [0, 0.05) is 44.3 Å². The number of piperazine rings is 1. The van der Waals surface area contributed by atoms with Crippen LogP contribution in [0, 0.1) is 5.82 Å². The molecule has 3 heterocycles. The molecule has 0 spiro atoms. The molecule has 3 aromatic rings. The first-order valence-electron chi connectivity index (χ1n) is 9.00. The van der Waals surface area contributed by atoms with E-state index in [0.29, 0.717) is 11.6 Å². The van der Waals surface area contributed by atoms with Crippen molar-refractivity contribution >= 4 is 23.4 Å². The van der Waals surface area contributed by atoms with Gasteiger partial charge in [0.25, 0.3) is 5.91 Å². The summed E-state index contributed by atoms with van der Waals surface area (Å²) in [6.45, 7) is 3.04. The molecule has 2 aromatic heterocycles. The van der Waals surface area contributed by atoms with Crippen LogP contribution >= 0.6 is 0 Å². The molecule has 1 amide bonds. The van der Waals surface area contributed by atoms with E-state index in [0.717, 1.165) is 32.0 Å². The zero-order valence-corrected chi connectivity index (χ0v) is 15.1. The Hall–Kier alpha value is -3.55. The van der Waals surface area contributed by atoms with Gasteiger partial charge in [-0.05, 0) is 36.4 Å². The van der Waals surface area contributed by atoms with Gasteiger partial charge in [-0.1, -0.05) is 12.1 Å². The van der Waals surface area contributed by atoms with E-state index in [2.05, 4.69) is 25.2 Å². The number of anilines is 3. The van der Waals surface area contributed by atoms with E-state index in [-0.39, 0.29) is 5.69 Å². The predicted octanol–water partition coefficient (Wildman–Crippen LogP) is 2.59. The van der Waals surface area contributed by atoms with Crippen LogP contribution in [0.15, 0.2) is 60.9 Å². The molecular formula is C20H19FN6O. The maximum atomic E-state index is 13.3. The zero-order valence-electron chi connectivity index (χ0n) is 15.1. The van der Waals surface area contributed by atoms with Crippen molar-refractivity contribution in [2.24, 2.45) is 0 Å². The van der Waals surface area contributed by atoms with E-state index >= 15 is 0 Å². The van der Waals surface area contributed by atoms with Crippen molar-refractivity contribution in [2.45, 2.75) is 0 Å². The smallest absolute Gasteiger partial charge is 0.274 e. The molecule has 0 aliphatic carbocycles. The molecule has 1 aromatic carbocycles. The molecule has 1 aliphatic heterocycles. The number of nitrogens with zero attached hydrogens (tertiary/aromatic N) is 5. The predicted molar refractivity (Wildman–Crippen MR) is 105 cm³/mol.